The minimum atomic E-state index is 0.341. The molecule has 0 spiro atoms. The van der Waals surface area contributed by atoms with Crippen LogP contribution in [-0.4, -0.2) is 26.9 Å². The van der Waals surface area contributed by atoms with Crippen molar-refractivity contribution in [2.75, 3.05) is 26.9 Å². The van der Waals surface area contributed by atoms with E-state index in [0.717, 1.165) is 25.2 Å². The van der Waals surface area contributed by atoms with Crippen molar-refractivity contribution in [2.24, 2.45) is 5.92 Å². The average molecular weight is 291 g/mol. The molecule has 0 N–H and O–H groups in total. The molecule has 1 aliphatic rings. The highest BCUT2D eigenvalue weighted by Gasteiger charge is 2.19. The van der Waals surface area contributed by atoms with Crippen molar-refractivity contribution < 1.29 is 14.2 Å². The van der Waals surface area contributed by atoms with Crippen LogP contribution in [0.25, 0.3) is 0 Å². The van der Waals surface area contributed by atoms with E-state index in [1.54, 1.807) is 19.2 Å². The number of rotatable bonds is 5. The van der Waals surface area contributed by atoms with Crippen LogP contribution in [0, 0.1) is 5.92 Å². The number of hydrogen-bond acceptors (Lipinski definition) is 3. The van der Waals surface area contributed by atoms with Crippen LogP contribution in [0.3, 0.4) is 0 Å². The largest absolute Gasteiger partial charge is 0.493 e. The summed E-state index contributed by atoms with van der Waals surface area (Å²) in [6.45, 7) is 2.18. The molecule has 0 bridgehead atoms. The van der Waals surface area contributed by atoms with Crippen LogP contribution in [0.1, 0.15) is 12.0 Å². The van der Waals surface area contributed by atoms with Crippen molar-refractivity contribution in [2.45, 2.75) is 12.3 Å². The number of ether oxygens (including phenoxy) is 3. The average Bonchev–Trinajstić information content (AvgIpc) is 2.89. The molecule has 1 fully saturated rings. The van der Waals surface area contributed by atoms with Gasteiger partial charge in [-0.2, -0.15) is 0 Å². The van der Waals surface area contributed by atoms with Crippen molar-refractivity contribution in [3.63, 3.8) is 0 Å². The van der Waals surface area contributed by atoms with Gasteiger partial charge in [0.05, 0.1) is 26.2 Å². The Morgan fingerprint density at radius 2 is 2.28 bits per heavy atom. The van der Waals surface area contributed by atoms with Crippen LogP contribution >= 0.6 is 23.2 Å². The minimum Gasteiger partial charge on any atom is -0.493 e. The first-order valence-corrected chi connectivity index (χ1v) is 6.78. The number of hydrogen-bond donors (Lipinski definition) is 0. The molecule has 100 valence electrons. The van der Waals surface area contributed by atoms with Crippen LogP contribution in [-0.2, 0) is 10.6 Å². The lowest BCUT2D eigenvalue weighted by atomic mass is 10.1. The van der Waals surface area contributed by atoms with Crippen LogP contribution in [0.4, 0.5) is 0 Å². The highest BCUT2D eigenvalue weighted by Crippen LogP contribution is 2.36. The fraction of sp³-hybridized carbons (Fsp3) is 0.538. The molecule has 0 radical (unpaired) electrons. The molecule has 3 nitrogen and oxygen atoms in total. The zero-order chi connectivity index (χ0) is 13.0. The van der Waals surface area contributed by atoms with Crippen molar-refractivity contribution in [3.8, 4) is 11.5 Å². The Labute approximate surface area is 117 Å². The summed E-state index contributed by atoms with van der Waals surface area (Å²) in [5.41, 5.74) is 0.847. The zero-order valence-electron chi connectivity index (χ0n) is 10.2. The van der Waals surface area contributed by atoms with E-state index in [4.69, 9.17) is 37.4 Å². The van der Waals surface area contributed by atoms with Gasteiger partial charge in [-0.1, -0.05) is 11.6 Å². The Bertz CT molecular complexity index is 378. The predicted molar refractivity (Wildman–Crippen MR) is 72.0 cm³/mol. The third-order valence-corrected chi connectivity index (χ3v) is 3.45. The molecule has 1 aliphatic heterocycles. The van der Waals surface area contributed by atoms with Gasteiger partial charge < -0.3 is 14.2 Å². The van der Waals surface area contributed by atoms with Gasteiger partial charge >= 0.3 is 0 Å². The number of methoxy groups -OCH3 is 1. The molecule has 18 heavy (non-hydrogen) atoms. The Morgan fingerprint density at radius 1 is 1.44 bits per heavy atom. The van der Waals surface area contributed by atoms with Crippen molar-refractivity contribution in [1.82, 2.24) is 0 Å². The van der Waals surface area contributed by atoms with Gasteiger partial charge in [0.1, 0.15) is 0 Å². The second kappa shape index (κ2) is 6.50. The Morgan fingerprint density at radius 3 is 2.89 bits per heavy atom. The Kier molecular flexibility index (Phi) is 4.98. The quantitative estimate of drug-likeness (QED) is 0.777. The van der Waals surface area contributed by atoms with E-state index in [9.17, 15) is 0 Å². The second-order valence-electron chi connectivity index (χ2n) is 4.27. The van der Waals surface area contributed by atoms with Gasteiger partial charge in [0, 0.05) is 29.2 Å². The molecule has 1 unspecified atom stereocenters. The third kappa shape index (κ3) is 3.22. The van der Waals surface area contributed by atoms with E-state index in [2.05, 4.69) is 0 Å². The summed E-state index contributed by atoms with van der Waals surface area (Å²) in [5, 5.41) is 0.596. The second-order valence-corrected chi connectivity index (χ2v) is 4.97. The molecule has 1 saturated heterocycles. The molecule has 1 atom stereocenters. The molecule has 0 amide bonds. The lowest BCUT2D eigenvalue weighted by Crippen LogP contribution is -2.13. The minimum absolute atomic E-state index is 0.341. The zero-order valence-corrected chi connectivity index (χ0v) is 11.8. The van der Waals surface area contributed by atoms with Crippen molar-refractivity contribution in [3.05, 3.63) is 22.7 Å². The smallest absolute Gasteiger partial charge is 0.165 e. The van der Waals surface area contributed by atoms with E-state index < -0.39 is 0 Å². The monoisotopic (exact) mass is 290 g/mol. The third-order valence-electron chi connectivity index (χ3n) is 2.95. The van der Waals surface area contributed by atoms with E-state index in [1.807, 2.05) is 0 Å². The lowest BCUT2D eigenvalue weighted by Gasteiger charge is -2.16. The van der Waals surface area contributed by atoms with E-state index in [1.165, 1.54) is 0 Å². The van der Waals surface area contributed by atoms with E-state index in [0.29, 0.717) is 34.9 Å². The highest BCUT2D eigenvalue weighted by atomic mass is 35.5. The molecule has 0 saturated carbocycles. The van der Waals surface area contributed by atoms with E-state index >= 15 is 0 Å². The molecule has 2 rings (SSSR count). The number of halogens is 2. The van der Waals surface area contributed by atoms with Crippen molar-refractivity contribution in [1.29, 1.82) is 0 Å². The summed E-state index contributed by atoms with van der Waals surface area (Å²) in [7, 11) is 1.59. The fourth-order valence-electron chi connectivity index (χ4n) is 1.95. The van der Waals surface area contributed by atoms with Crippen molar-refractivity contribution >= 4 is 23.2 Å². The van der Waals surface area contributed by atoms with Crippen LogP contribution in [0.5, 0.6) is 11.5 Å². The molecular formula is C13H16Cl2O3. The first kappa shape index (κ1) is 13.8. The number of alkyl halides is 1. The summed E-state index contributed by atoms with van der Waals surface area (Å²) in [6.07, 6.45) is 1.03. The van der Waals surface area contributed by atoms with Gasteiger partial charge in [0.25, 0.3) is 0 Å². The molecular weight excluding hydrogens is 275 g/mol. The number of benzene rings is 1. The summed E-state index contributed by atoms with van der Waals surface area (Å²) >= 11 is 11.9. The van der Waals surface area contributed by atoms with Crippen LogP contribution in [0.2, 0.25) is 5.02 Å². The molecule has 5 heteroatoms. The Hall–Kier alpha value is -0.640. The van der Waals surface area contributed by atoms with Gasteiger partial charge in [-0.25, -0.2) is 0 Å². The molecule has 0 aliphatic carbocycles. The van der Waals surface area contributed by atoms with Crippen LogP contribution < -0.4 is 9.47 Å². The SMILES string of the molecule is COc1cc(Cl)cc(CCl)c1OCC1CCOC1. The molecule has 1 aromatic carbocycles. The first-order valence-electron chi connectivity index (χ1n) is 5.87. The lowest BCUT2D eigenvalue weighted by molar-refractivity contribution is 0.165. The fourth-order valence-corrected chi connectivity index (χ4v) is 2.38. The standard InChI is InChI=1S/C13H16Cl2O3/c1-16-12-5-11(15)4-10(6-14)13(12)18-8-9-2-3-17-7-9/h4-5,9H,2-3,6-8H2,1H3. The maximum Gasteiger partial charge on any atom is 0.165 e. The highest BCUT2D eigenvalue weighted by molar-refractivity contribution is 6.31. The van der Waals surface area contributed by atoms with Gasteiger partial charge in [-0.3, -0.25) is 0 Å². The molecule has 0 aromatic heterocycles. The van der Waals surface area contributed by atoms with Gasteiger partial charge in [-0.15, -0.1) is 11.6 Å². The molecule has 1 heterocycles. The summed E-state index contributed by atoms with van der Waals surface area (Å²) < 4.78 is 16.4. The van der Waals surface area contributed by atoms with Crippen LogP contribution in [0.15, 0.2) is 12.1 Å². The first-order chi connectivity index (χ1) is 8.74. The summed E-state index contributed by atoms with van der Waals surface area (Å²) in [6, 6.07) is 3.54. The Balaban J connectivity index is 2.13. The van der Waals surface area contributed by atoms with Gasteiger partial charge in [0.2, 0.25) is 0 Å². The normalized spacial score (nSPS) is 18.9. The van der Waals surface area contributed by atoms with Gasteiger partial charge in [0.15, 0.2) is 11.5 Å². The van der Waals surface area contributed by atoms with Gasteiger partial charge in [-0.05, 0) is 12.5 Å². The van der Waals surface area contributed by atoms with E-state index in [-0.39, 0.29) is 0 Å². The maximum atomic E-state index is 5.99. The maximum absolute atomic E-state index is 5.99. The topological polar surface area (TPSA) is 27.7 Å². The summed E-state index contributed by atoms with van der Waals surface area (Å²) in [4.78, 5) is 0. The summed E-state index contributed by atoms with van der Waals surface area (Å²) in [5.74, 6) is 2.09. The molecule has 1 aromatic rings. The predicted octanol–water partition coefficient (Wildman–Crippen LogP) is 3.50.